The smallest absolute Gasteiger partial charge is 0.377 e. The largest absolute Gasteiger partial charge is 0.500 e. The molecule has 94 valence electrons. The first-order valence-electron chi connectivity index (χ1n) is 5.97. The van der Waals surface area contributed by atoms with Crippen LogP contribution in [0, 0.1) is 11.8 Å². The van der Waals surface area contributed by atoms with Crippen molar-refractivity contribution >= 4 is 8.80 Å². The minimum absolute atomic E-state index is 0.716. The molecule has 1 saturated carbocycles. The summed E-state index contributed by atoms with van der Waals surface area (Å²) in [6, 6.07) is 0.922. The van der Waals surface area contributed by atoms with Gasteiger partial charge in [-0.05, 0) is 37.5 Å². The maximum Gasteiger partial charge on any atom is 0.500 e. The van der Waals surface area contributed by atoms with Gasteiger partial charge in [0, 0.05) is 27.4 Å². The van der Waals surface area contributed by atoms with Crippen LogP contribution in [0.1, 0.15) is 25.7 Å². The summed E-state index contributed by atoms with van der Waals surface area (Å²) in [5.41, 5.74) is 0. The van der Waals surface area contributed by atoms with Crippen molar-refractivity contribution in [3.8, 4) is 0 Å². The van der Waals surface area contributed by atoms with Crippen molar-refractivity contribution in [3.63, 3.8) is 0 Å². The van der Waals surface area contributed by atoms with Gasteiger partial charge >= 0.3 is 8.80 Å². The van der Waals surface area contributed by atoms with E-state index in [2.05, 4.69) is 12.7 Å². The third-order valence-electron chi connectivity index (χ3n) is 3.71. The molecule has 0 heterocycles. The molecule has 4 heteroatoms. The summed E-state index contributed by atoms with van der Waals surface area (Å²) >= 11 is 0. The van der Waals surface area contributed by atoms with Crippen molar-refractivity contribution in [3.05, 3.63) is 12.7 Å². The summed E-state index contributed by atoms with van der Waals surface area (Å²) in [6.45, 7) is 3.87. The lowest BCUT2D eigenvalue weighted by Crippen LogP contribution is -2.42. The van der Waals surface area contributed by atoms with Crippen LogP contribution in [0.3, 0.4) is 0 Å². The van der Waals surface area contributed by atoms with Crippen molar-refractivity contribution < 1.29 is 13.3 Å². The second-order valence-corrected chi connectivity index (χ2v) is 7.60. The van der Waals surface area contributed by atoms with E-state index in [9.17, 15) is 0 Å². The van der Waals surface area contributed by atoms with Gasteiger partial charge in [0.15, 0.2) is 0 Å². The van der Waals surface area contributed by atoms with Gasteiger partial charge in [0.25, 0.3) is 0 Å². The normalized spacial score (nSPS) is 25.9. The molecule has 2 unspecified atom stereocenters. The van der Waals surface area contributed by atoms with Crippen LogP contribution in [0.25, 0.3) is 0 Å². The second-order valence-electron chi connectivity index (χ2n) is 4.51. The fourth-order valence-electron chi connectivity index (χ4n) is 2.53. The van der Waals surface area contributed by atoms with Crippen molar-refractivity contribution in [1.29, 1.82) is 0 Å². The quantitative estimate of drug-likeness (QED) is 0.509. The lowest BCUT2D eigenvalue weighted by molar-refractivity contribution is 0.121. The fraction of sp³-hybridized carbons (Fsp3) is 0.833. The van der Waals surface area contributed by atoms with Crippen molar-refractivity contribution in [2.75, 3.05) is 21.3 Å². The molecule has 0 N–H and O–H groups in total. The van der Waals surface area contributed by atoms with Gasteiger partial charge in [-0.2, -0.15) is 0 Å². The molecule has 0 aromatic rings. The molecule has 1 aliphatic carbocycles. The van der Waals surface area contributed by atoms with Gasteiger partial charge in [0.1, 0.15) is 0 Å². The topological polar surface area (TPSA) is 27.7 Å². The molecule has 1 fully saturated rings. The zero-order valence-electron chi connectivity index (χ0n) is 10.7. The third kappa shape index (κ3) is 3.42. The molecule has 16 heavy (non-hydrogen) atoms. The van der Waals surface area contributed by atoms with Gasteiger partial charge in [0.05, 0.1) is 0 Å². The summed E-state index contributed by atoms with van der Waals surface area (Å²) in [5, 5.41) is 0. The Hall–Kier alpha value is -0.163. The molecule has 0 aromatic heterocycles. The van der Waals surface area contributed by atoms with Crippen molar-refractivity contribution in [2.45, 2.75) is 31.7 Å². The van der Waals surface area contributed by atoms with E-state index < -0.39 is 8.80 Å². The molecule has 0 bridgehead atoms. The predicted molar refractivity (Wildman–Crippen MR) is 67.2 cm³/mol. The van der Waals surface area contributed by atoms with E-state index in [0.717, 1.165) is 18.4 Å². The molecule has 3 nitrogen and oxygen atoms in total. The minimum atomic E-state index is -2.34. The Morgan fingerprint density at radius 3 is 2.25 bits per heavy atom. The van der Waals surface area contributed by atoms with Crippen LogP contribution in [0.4, 0.5) is 0 Å². The van der Waals surface area contributed by atoms with Gasteiger partial charge in [-0.25, -0.2) is 0 Å². The van der Waals surface area contributed by atoms with Crippen LogP contribution in [-0.2, 0) is 13.3 Å². The Morgan fingerprint density at radius 1 is 1.19 bits per heavy atom. The third-order valence-corrected chi connectivity index (χ3v) is 6.47. The molecule has 0 radical (unpaired) electrons. The highest BCUT2D eigenvalue weighted by Crippen LogP contribution is 2.35. The van der Waals surface area contributed by atoms with Gasteiger partial charge in [0.2, 0.25) is 0 Å². The molecule has 0 aromatic carbocycles. The van der Waals surface area contributed by atoms with Crippen molar-refractivity contribution in [2.24, 2.45) is 11.8 Å². The zero-order chi connectivity index (χ0) is 12.0. The first-order chi connectivity index (χ1) is 7.69. The van der Waals surface area contributed by atoms with Crippen LogP contribution in [0.5, 0.6) is 0 Å². The molecule has 1 rings (SSSR count). The van der Waals surface area contributed by atoms with E-state index in [0.29, 0.717) is 5.92 Å². The molecular weight excluding hydrogens is 220 g/mol. The molecule has 1 aliphatic rings. The molecule has 2 atom stereocenters. The van der Waals surface area contributed by atoms with Gasteiger partial charge < -0.3 is 13.3 Å². The van der Waals surface area contributed by atoms with Gasteiger partial charge in [-0.1, -0.05) is 6.08 Å². The summed E-state index contributed by atoms with van der Waals surface area (Å²) in [6.07, 6.45) is 7.10. The van der Waals surface area contributed by atoms with Gasteiger partial charge in [-0.15, -0.1) is 6.58 Å². The molecule has 0 saturated heterocycles. The summed E-state index contributed by atoms with van der Waals surface area (Å²) < 4.78 is 16.3. The number of allylic oxidation sites excluding steroid dienone is 1. The molecule has 0 spiro atoms. The van der Waals surface area contributed by atoms with Crippen LogP contribution in [-0.4, -0.2) is 30.1 Å². The van der Waals surface area contributed by atoms with Crippen LogP contribution in [0.2, 0.25) is 6.04 Å². The SMILES string of the molecule is C=CC1CCC(CC[Si](OC)(OC)OC)C1. The van der Waals surface area contributed by atoms with Crippen molar-refractivity contribution in [1.82, 2.24) is 0 Å². The van der Waals surface area contributed by atoms with Crippen LogP contribution in [0.15, 0.2) is 12.7 Å². The second kappa shape index (κ2) is 6.54. The van der Waals surface area contributed by atoms with Crippen LogP contribution < -0.4 is 0 Å². The highest BCUT2D eigenvalue weighted by atomic mass is 28.4. The highest BCUT2D eigenvalue weighted by molar-refractivity contribution is 6.60. The van der Waals surface area contributed by atoms with E-state index >= 15 is 0 Å². The Morgan fingerprint density at radius 2 is 1.81 bits per heavy atom. The first kappa shape index (κ1) is 13.9. The van der Waals surface area contributed by atoms with E-state index in [4.69, 9.17) is 13.3 Å². The Balaban J connectivity index is 2.35. The van der Waals surface area contributed by atoms with E-state index in [1.807, 2.05) is 0 Å². The summed E-state index contributed by atoms with van der Waals surface area (Å²) in [7, 11) is 2.70. The lowest BCUT2D eigenvalue weighted by Gasteiger charge is -2.25. The number of rotatable bonds is 7. The van der Waals surface area contributed by atoms with E-state index in [1.54, 1.807) is 21.3 Å². The monoisotopic (exact) mass is 244 g/mol. The lowest BCUT2D eigenvalue weighted by atomic mass is 10.0. The zero-order valence-corrected chi connectivity index (χ0v) is 11.7. The Kier molecular flexibility index (Phi) is 5.68. The standard InChI is InChI=1S/C12H24O3Si/c1-5-11-6-7-12(10-11)8-9-16(13-2,14-3)15-4/h5,11-12H,1,6-10H2,2-4H3. The average Bonchev–Trinajstić information content (AvgIpc) is 2.80. The number of hydrogen-bond acceptors (Lipinski definition) is 3. The van der Waals surface area contributed by atoms with Gasteiger partial charge in [-0.3, -0.25) is 0 Å². The average molecular weight is 244 g/mol. The van der Waals surface area contributed by atoms with E-state index in [1.165, 1.54) is 19.3 Å². The Labute approximate surface area is 100 Å². The molecule has 0 aliphatic heterocycles. The summed E-state index contributed by atoms with van der Waals surface area (Å²) in [4.78, 5) is 0. The van der Waals surface area contributed by atoms with Crippen LogP contribution >= 0.6 is 0 Å². The maximum absolute atomic E-state index is 5.42. The number of hydrogen-bond donors (Lipinski definition) is 0. The molecular formula is C12H24O3Si. The Bertz CT molecular complexity index is 208. The fourth-order valence-corrected chi connectivity index (χ4v) is 4.40. The highest BCUT2D eigenvalue weighted by Gasteiger charge is 2.38. The summed E-state index contributed by atoms with van der Waals surface area (Å²) in [5.74, 6) is 1.50. The predicted octanol–water partition coefficient (Wildman–Crippen LogP) is 2.86. The maximum atomic E-state index is 5.42. The molecule has 0 amide bonds. The van der Waals surface area contributed by atoms with E-state index in [-0.39, 0.29) is 0 Å². The minimum Gasteiger partial charge on any atom is -0.377 e. The first-order valence-corrected chi connectivity index (χ1v) is 7.91.